The third-order valence-corrected chi connectivity index (χ3v) is 3.33. The van der Waals surface area contributed by atoms with Gasteiger partial charge in [-0.15, -0.1) is 0 Å². The maximum Gasteiger partial charge on any atom is 0.126 e. The van der Waals surface area contributed by atoms with Gasteiger partial charge in [-0.2, -0.15) is 5.10 Å². The van der Waals surface area contributed by atoms with E-state index in [1.165, 1.54) is 0 Å². The van der Waals surface area contributed by atoms with Gasteiger partial charge in [0, 0.05) is 29.7 Å². The van der Waals surface area contributed by atoms with Crippen LogP contribution in [0.15, 0.2) is 35.1 Å². The predicted octanol–water partition coefficient (Wildman–Crippen LogP) is 2.86. The van der Waals surface area contributed by atoms with Crippen molar-refractivity contribution >= 4 is 15.9 Å². The van der Waals surface area contributed by atoms with Gasteiger partial charge in [0.2, 0.25) is 0 Å². The molecule has 2 aromatic rings. The second-order valence-corrected chi connectivity index (χ2v) is 5.39. The Labute approximate surface area is 121 Å². The zero-order chi connectivity index (χ0) is 13.8. The number of hydrogen-bond acceptors (Lipinski definition) is 3. The number of aliphatic hydroxyl groups is 1. The molecule has 1 aromatic heterocycles. The summed E-state index contributed by atoms with van der Waals surface area (Å²) in [6.07, 6.45) is 4.06. The zero-order valence-corrected chi connectivity index (χ0v) is 12.6. The van der Waals surface area contributed by atoms with E-state index in [9.17, 15) is 5.11 Å². The molecule has 0 fully saturated rings. The van der Waals surface area contributed by atoms with E-state index in [4.69, 9.17) is 4.74 Å². The van der Waals surface area contributed by atoms with Crippen molar-refractivity contribution in [3.05, 3.63) is 46.2 Å². The number of ether oxygens (including phenoxy) is 1. The number of aromatic nitrogens is 2. The summed E-state index contributed by atoms with van der Waals surface area (Å²) in [6.45, 7) is 2.29. The highest BCUT2D eigenvalue weighted by molar-refractivity contribution is 9.10. The minimum Gasteiger partial charge on any atom is -0.493 e. The molecule has 1 heterocycles. The minimum atomic E-state index is -0.540. The fraction of sp³-hybridized carbons (Fsp3) is 0.357. The first kappa shape index (κ1) is 14.1. The Kier molecular flexibility index (Phi) is 4.61. The molecule has 0 amide bonds. The molecule has 0 spiro atoms. The summed E-state index contributed by atoms with van der Waals surface area (Å²) in [6, 6.07) is 5.65. The van der Waals surface area contributed by atoms with Crippen LogP contribution in [0.4, 0.5) is 0 Å². The molecular weight excluding hydrogens is 308 g/mol. The smallest absolute Gasteiger partial charge is 0.126 e. The first-order valence-electron chi connectivity index (χ1n) is 6.14. The topological polar surface area (TPSA) is 47.3 Å². The molecule has 102 valence electrons. The second-order valence-electron chi connectivity index (χ2n) is 4.48. The number of benzene rings is 1. The average molecular weight is 325 g/mol. The number of rotatable bonds is 5. The van der Waals surface area contributed by atoms with E-state index >= 15 is 0 Å². The highest BCUT2D eigenvalue weighted by atomic mass is 79.9. The van der Waals surface area contributed by atoms with Crippen LogP contribution in [-0.2, 0) is 13.5 Å². The molecule has 0 unspecified atom stereocenters. The largest absolute Gasteiger partial charge is 0.493 e. The summed E-state index contributed by atoms with van der Waals surface area (Å²) >= 11 is 3.41. The maximum atomic E-state index is 9.71. The van der Waals surface area contributed by atoms with E-state index in [1.54, 1.807) is 11.6 Å². The molecule has 0 aliphatic heterocycles. The molecule has 0 aliphatic rings. The third-order valence-electron chi connectivity index (χ3n) is 2.83. The standard InChI is InChI=1S/C14H17BrN2O2/c1-10(18)13-4-3-12(15)7-14(13)19-6-5-11-8-16-17(2)9-11/h3-4,7-10,18H,5-6H2,1-2H3/t10-/m1/s1. The highest BCUT2D eigenvalue weighted by Gasteiger charge is 2.09. The maximum absolute atomic E-state index is 9.71. The normalized spacial score (nSPS) is 12.4. The Balaban J connectivity index is 2.00. The van der Waals surface area contributed by atoms with E-state index in [-0.39, 0.29) is 0 Å². The van der Waals surface area contributed by atoms with Crippen molar-refractivity contribution < 1.29 is 9.84 Å². The monoisotopic (exact) mass is 324 g/mol. The number of halogens is 1. The van der Waals surface area contributed by atoms with Crippen molar-refractivity contribution in [1.29, 1.82) is 0 Å². The Bertz CT molecular complexity index is 552. The van der Waals surface area contributed by atoms with Gasteiger partial charge in [-0.25, -0.2) is 0 Å². The number of hydrogen-bond donors (Lipinski definition) is 1. The van der Waals surface area contributed by atoms with Gasteiger partial charge in [-0.3, -0.25) is 4.68 Å². The second kappa shape index (κ2) is 6.21. The molecule has 0 radical (unpaired) electrons. The molecule has 5 heteroatoms. The van der Waals surface area contributed by atoms with Gasteiger partial charge in [0.05, 0.1) is 18.9 Å². The molecule has 0 bridgehead atoms. The third kappa shape index (κ3) is 3.81. The molecule has 19 heavy (non-hydrogen) atoms. The van der Waals surface area contributed by atoms with Crippen LogP contribution in [0.3, 0.4) is 0 Å². The van der Waals surface area contributed by atoms with Crippen molar-refractivity contribution in [2.24, 2.45) is 7.05 Å². The molecule has 0 saturated heterocycles. The van der Waals surface area contributed by atoms with Gasteiger partial charge in [0.1, 0.15) is 5.75 Å². The zero-order valence-electron chi connectivity index (χ0n) is 11.0. The van der Waals surface area contributed by atoms with E-state index in [2.05, 4.69) is 21.0 Å². The van der Waals surface area contributed by atoms with Gasteiger partial charge in [-0.1, -0.05) is 22.0 Å². The molecule has 0 saturated carbocycles. The van der Waals surface area contributed by atoms with Crippen LogP contribution in [0.1, 0.15) is 24.2 Å². The summed E-state index contributed by atoms with van der Waals surface area (Å²) in [4.78, 5) is 0. The Morgan fingerprint density at radius 2 is 2.26 bits per heavy atom. The van der Waals surface area contributed by atoms with Crippen LogP contribution in [-0.4, -0.2) is 21.5 Å². The summed E-state index contributed by atoms with van der Waals surface area (Å²) in [7, 11) is 1.89. The fourth-order valence-corrected chi connectivity index (χ4v) is 2.20. The van der Waals surface area contributed by atoms with E-state index in [1.807, 2.05) is 37.6 Å². The number of aryl methyl sites for hydroxylation is 1. The van der Waals surface area contributed by atoms with Gasteiger partial charge in [-0.05, 0) is 24.6 Å². The predicted molar refractivity (Wildman–Crippen MR) is 77.2 cm³/mol. The lowest BCUT2D eigenvalue weighted by Gasteiger charge is -2.13. The number of aliphatic hydroxyl groups excluding tert-OH is 1. The Morgan fingerprint density at radius 1 is 1.47 bits per heavy atom. The van der Waals surface area contributed by atoms with Gasteiger partial charge < -0.3 is 9.84 Å². The lowest BCUT2D eigenvalue weighted by Crippen LogP contribution is -2.04. The molecule has 2 rings (SSSR count). The summed E-state index contributed by atoms with van der Waals surface area (Å²) in [5, 5.41) is 13.8. The van der Waals surface area contributed by atoms with Crippen molar-refractivity contribution in [3.63, 3.8) is 0 Å². The SMILES string of the molecule is C[C@@H](O)c1ccc(Br)cc1OCCc1cnn(C)c1. The van der Waals surface area contributed by atoms with Gasteiger partial charge in [0.15, 0.2) is 0 Å². The minimum absolute atomic E-state index is 0.540. The Hall–Kier alpha value is -1.33. The van der Waals surface area contributed by atoms with Crippen LogP contribution in [0.25, 0.3) is 0 Å². The quantitative estimate of drug-likeness (QED) is 0.919. The highest BCUT2D eigenvalue weighted by Crippen LogP contribution is 2.28. The fourth-order valence-electron chi connectivity index (χ4n) is 1.86. The molecular formula is C14H17BrN2O2. The van der Waals surface area contributed by atoms with Crippen LogP contribution in [0.5, 0.6) is 5.75 Å². The van der Waals surface area contributed by atoms with Crippen LogP contribution < -0.4 is 4.74 Å². The van der Waals surface area contributed by atoms with Crippen molar-refractivity contribution in [2.45, 2.75) is 19.4 Å². The average Bonchev–Trinajstić information content (AvgIpc) is 2.75. The first-order chi connectivity index (χ1) is 9.06. The summed E-state index contributed by atoms with van der Waals surface area (Å²) < 4.78 is 8.48. The van der Waals surface area contributed by atoms with Crippen molar-refractivity contribution in [3.8, 4) is 5.75 Å². The van der Waals surface area contributed by atoms with Gasteiger partial charge >= 0.3 is 0 Å². The summed E-state index contributed by atoms with van der Waals surface area (Å²) in [5.41, 5.74) is 1.94. The van der Waals surface area contributed by atoms with Crippen LogP contribution in [0, 0.1) is 0 Å². The number of nitrogens with zero attached hydrogens (tertiary/aromatic N) is 2. The van der Waals surface area contributed by atoms with E-state index in [0.29, 0.717) is 12.4 Å². The Morgan fingerprint density at radius 3 is 2.89 bits per heavy atom. The van der Waals surface area contributed by atoms with Crippen LogP contribution >= 0.6 is 15.9 Å². The van der Waals surface area contributed by atoms with Crippen molar-refractivity contribution in [1.82, 2.24) is 9.78 Å². The first-order valence-corrected chi connectivity index (χ1v) is 6.93. The molecule has 0 aliphatic carbocycles. The van der Waals surface area contributed by atoms with E-state index < -0.39 is 6.10 Å². The molecule has 1 N–H and O–H groups in total. The molecule has 1 aromatic carbocycles. The van der Waals surface area contributed by atoms with Crippen LogP contribution in [0.2, 0.25) is 0 Å². The molecule has 4 nitrogen and oxygen atoms in total. The lowest BCUT2D eigenvalue weighted by atomic mass is 10.1. The molecule has 1 atom stereocenters. The lowest BCUT2D eigenvalue weighted by molar-refractivity contribution is 0.191. The van der Waals surface area contributed by atoms with Crippen molar-refractivity contribution in [2.75, 3.05) is 6.61 Å². The van der Waals surface area contributed by atoms with E-state index in [0.717, 1.165) is 22.0 Å². The van der Waals surface area contributed by atoms with Gasteiger partial charge in [0.25, 0.3) is 0 Å². The summed E-state index contributed by atoms with van der Waals surface area (Å²) in [5.74, 6) is 0.716.